The Balaban J connectivity index is 1.10. The van der Waals surface area contributed by atoms with E-state index < -0.39 is 35.0 Å². The second kappa shape index (κ2) is 10.3. The van der Waals surface area contributed by atoms with Crippen molar-refractivity contribution >= 4 is 29.8 Å². The molecule has 0 aromatic heterocycles. The summed E-state index contributed by atoms with van der Waals surface area (Å²) in [5, 5.41) is 10.1. The minimum absolute atomic E-state index is 0.0415. The summed E-state index contributed by atoms with van der Waals surface area (Å²) in [6, 6.07) is 17.4. The summed E-state index contributed by atoms with van der Waals surface area (Å²) in [7, 11) is 1.59. The standard InChI is InChI=1S/C32H30N6O7/c1-31(27(40)33-29(42)35-31)15-38-14-21-11-19(6-10-24(21)26(38)39)18-3-7-22(8-4-18)32(28(41)34-30(43)36-32)16-37-13-20-5-9-23(44-2)12-25(20)45-17-37/h3-12H,13-17H2,1-2H3,(H2,33,35,40,42)(H2,34,36,41,43)/t31?,32-/m0/s1. The fourth-order valence-corrected chi connectivity index (χ4v) is 6.42. The predicted molar refractivity (Wildman–Crippen MR) is 159 cm³/mol. The van der Waals surface area contributed by atoms with Crippen LogP contribution in [0.5, 0.6) is 11.5 Å². The summed E-state index contributed by atoms with van der Waals surface area (Å²) >= 11 is 0. The number of ether oxygens (including phenoxy) is 2. The smallest absolute Gasteiger partial charge is 0.322 e. The first-order valence-electron chi connectivity index (χ1n) is 14.4. The van der Waals surface area contributed by atoms with Gasteiger partial charge in [0.25, 0.3) is 17.7 Å². The molecule has 4 aliphatic rings. The SMILES string of the molecule is COc1ccc2c(c1)OCN(C[C@@]1(c3ccc(-c4ccc5c(c4)CN(CC4(C)NC(=O)NC4=O)C5=O)cc3)NC(=O)NC1=O)C2. The maximum Gasteiger partial charge on any atom is 0.322 e. The van der Waals surface area contributed by atoms with Crippen molar-refractivity contribution in [3.63, 3.8) is 0 Å². The van der Waals surface area contributed by atoms with E-state index in [1.54, 1.807) is 25.0 Å². The van der Waals surface area contributed by atoms with Crippen LogP contribution in [-0.4, -0.2) is 72.1 Å². The Bertz CT molecular complexity index is 1790. The van der Waals surface area contributed by atoms with Crippen LogP contribution in [0.15, 0.2) is 60.7 Å². The minimum Gasteiger partial charge on any atom is -0.497 e. The Morgan fingerprint density at radius 3 is 2.22 bits per heavy atom. The van der Waals surface area contributed by atoms with E-state index in [0.29, 0.717) is 35.7 Å². The van der Waals surface area contributed by atoms with Gasteiger partial charge >= 0.3 is 12.1 Å². The molecule has 3 aromatic rings. The molecule has 230 valence electrons. The molecule has 0 bridgehead atoms. The average molecular weight is 611 g/mol. The van der Waals surface area contributed by atoms with Crippen LogP contribution in [0.25, 0.3) is 11.1 Å². The Morgan fingerprint density at radius 2 is 1.53 bits per heavy atom. The molecule has 1 unspecified atom stereocenters. The van der Waals surface area contributed by atoms with Crippen LogP contribution < -0.4 is 30.7 Å². The monoisotopic (exact) mass is 610 g/mol. The molecule has 0 radical (unpaired) electrons. The number of hydrogen-bond acceptors (Lipinski definition) is 8. The number of nitrogens with zero attached hydrogens (tertiary/aromatic N) is 2. The zero-order chi connectivity index (χ0) is 31.5. The number of rotatable bonds is 7. The number of imide groups is 2. The zero-order valence-electron chi connectivity index (χ0n) is 24.6. The van der Waals surface area contributed by atoms with Crippen molar-refractivity contribution in [2.24, 2.45) is 0 Å². The van der Waals surface area contributed by atoms with Gasteiger partial charge in [-0.15, -0.1) is 0 Å². The van der Waals surface area contributed by atoms with Gasteiger partial charge in [0.2, 0.25) is 0 Å². The van der Waals surface area contributed by atoms with Crippen molar-refractivity contribution in [3.05, 3.63) is 82.9 Å². The number of fused-ring (bicyclic) bond motifs is 2. The van der Waals surface area contributed by atoms with Crippen molar-refractivity contribution < 1.29 is 33.4 Å². The maximum atomic E-state index is 13.3. The van der Waals surface area contributed by atoms with Crippen LogP contribution in [-0.2, 0) is 28.2 Å². The Kier molecular flexibility index (Phi) is 6.51. The molecule has 4 aliphatic heterocycles. The summed E-state index contributed by atoms with van der Waals surface area (Å²) in [5.74, 6) is 0.275. The minimum atomic E-state index is -1.33. The number of carbonyl (C=O) groups is 5. The second-order valence-corrected chi connectivity index (χ2v) is 11.9. The quantitative estimate of drug-likeness (QED) is 0.295. The number of hydrogen-bond donors (Lipinski definition) is 4. The zero-order valence-corrected chi connectivity index (χ0v) is 24.6. The van der Waals surface area contributed by atoms with E-state index in [4.69, 9.17) is 9.47 Å². The van der Waals surface area contributed by atoms with Crippen LogP contribution in [0.3, 0.4) is 0 Å². The molecule has 13 nitrogen and oxygen atoms in total. The normalized spacial score (nSPS) is 24.0. The van der Waals surface area contributed by atoms with Crippen LogP contribution in [0, 0.1) is 0 Å². The van der Waals surface area contributed by atoms with E-state index in [-0.39, 0.29) is 25.7 Å². The Morgan fingerprint density at radius 1 is 0.800 bits per heavy atom. The molecular formula is C32H30N6O7. The van der Waals surface area contributed by atoms with Gasteiger partial charge in [0, 0.05) is 36.8 Å². The average Bonchev–Trinajstić information content (AvgIpc) is 3.59. The molecule has 7 rings (SSSR count). The third-order valence-corrected chi connectivity index (χ3v) is 8.79. The van der Waals surface area contributed by atoms with Crippen molar-refractivity contribution in [3.8, 4) is 22.6 Å². The number of urea groups is 2. The number of amides is 7. The van der Waals surface area contributed by atoms with Crippen LogP contribution in [0.4, 0.5) is 9.59 Å². The molecule has 7 amide bonds. The molecular weight excluding hydrogens is 580 g/mol. The summed E-state index contributed by atoms with van der Waals surface area (Å²) in [4.78, 5) is 66.2. The third kappa shape index (κ3) is 4.81. The van der Waals surface area contributed by atoms with E-state index in [1.807, 2.05) is 59.5 Å². The van der Waals surface area contributed by atoms with Crippen molar-refractivity contribution in [1.82, 2.24) is 31.1 Å². The van der Waals surface area contributed by atoms with Gasteiger partial charge in [-0.25, -0.2) is 9.59 Å². The second-order valence-electron chi connectivity index (χ2n) is 11.9. The maximum absolute atomic E-state index is 13.3. The lowest BCUT2D eigenvalue weighted by Crippen LogP contribution is -2.53. The number of benzene rings is 3. The lowest BCUT2D eigenvalue weighted by molar-refractivity contribution is -0.125. The molecule has 2 fully saturated rings. The molecule has 0 aliphatic carbocycles. The van der Waals surface area contributed by atoms with Gasteiger partial charge in [0.15, 0.2) is 5.54 Å². The fraction of sp³-hybridized carbons (Fsp3) is 0.281. The summed E-state index contributed by atoms with van der Waals surface area (Å²) < 4.78 is 11.2. The highest BCUT2D eigenvalue weighted by atomic mass is 16.5. The lowest BCUT2D eigenvalue weighted by Gasteiger charge is -2.36. The van der Waals surface area contributed by atoms with Crippen molar-refractivity contribution in [2.75, 3.05) is 26.9 Å². The first kappa shape index (κ1) is 28.3. The molecule has 45 heavy (non-hydrogen) atoms. The molecule has 2 saturated heterocycles. The number of nitrogens with one attached hydrogen (secondary N) is 4. The largest absolute Gasteiger partial charge is 0.497 e. The molecule has 4 heterocycles. The lowest BCUT2D eigenvalue weighted by atomic mass is 9.87. The van der Waals surface area contributed by atoms with Gasteiger partial charge < -0.3 is 25.0 Å². The molecule has 2 atom stereocenters. The van der Waals surface area contributed by atoms with E-state index >= 15 is 0 Å². The highest BCUT2D eigenvalue weighted by molar-refractivity contribution is 6.08. The third-order valence-electron chi connectivity index (χ3n) is 8.79. The molecule has 13 heteroatoms. The topological polar surface area (TPSA) is 158 Å². The molecule has 4 N–H and O–H groups in total. The van der Waals surface area contributed by atoms with Gasteiger partial charge in [-0.3, -0.25) is 29.9 Å². The predicted octanol–water partition coefficient (Wildman–Crippen LogP) is 1.80. The highest BCUT2D eigenvalue weighted by Gasteiger charge is 2.49. The first-order chi connectivity index (χ1) is 21.6. The van der Waals surface area contributed by atoms with Crippen LogP contribution in [0.2, 0.25) is 0 Å². The Labute approximate surface area is 257 Å². The van der Waals surface area contributed by atoms with Crippen molar-refractivity contribution in [2.45, 2.75) is 31.1 Å². The molecule has 0 saturated carbocycles. The summed E-state index contributed by atoms with van der Waals surface area (Å²) in [6.45, 7) is 2.85. The van der Waals surface area contributed by atoms with Gasteiger partial charge in [-0.2, -0.15) is 0 Å². The summed E-state index contributed by atoms with van der Waals surface area (Å²) in [6.07, 6.45) is 0. The number of methoxy groups -OCH3 is 1. The van der Waals surface area contributed by atoms with E-state index in [9.17, 15) is 24.0 Å². The Hall–Kier alpha value is -5.43. The van der Waals surface area contributed by atoms with Crippen molar-refractivity contribution in [1.29, 1.82) is 0 Å². The van der Waals surface area contributed by atoms with Gasteiger partial charge in [0.05, 0.1) is 13.7 Å². The van der Waals surface area contributed by atoms with Crippen LogP contribution >= 0.6 is 0 Å². The summed E-state index contributed by atoms with van der Waals surface area (Å²) in [5.41, 5.74) is 2.08. The number of carbonyl (C=O) groups excluding carboxylic acids is 5. The molecule has 3 aromatic carbocycles. The van der Waals surface area contributed by atoms with E-state index in [1.165, 1.54) is 0 Å². The fourth-order valence-electron chi connectivity index (χ4n) is 6.42. The van der Waals surface area contributed by atoms with Gasteiger partial charge in [-0.05, 0) is 47.4 Å². The van der Waals surface area contributed by atoms with Gasteiger partial charge in [-0.1, -0.05) is 36.4 Å². The molecule has 0 spiro atoms. The van der Waals surface area contributed by atoms with Gasteiger partial charge in [0.1, 0.15) is 23.8 Å². The first-order valence-corrected chi connectivity index (χ1v) is 14.4. The van der Waals surface area contributed by atoms with E-state index in [2.05, 4.69) is 21.3 Å². The van der Waals surface area contributed by atoms with E-state index in [0.717, 1.165) is 22.3 Å². The highest BCUT2D eigenvalue weighted by Crippen LogP contribution is 2.35. The van der Waals surface area contributed by atoms with Crippen LogP contribution in [0.1, 0.15) is 34.0 Å².